The molecule has 108 valence electrons. The number of halogens is 3. The summed E-state index contributed by atoms with van der Waals surface area (Å²) in [6, 6.07) is 0. The molecular formula is C12H18F3N4-. The van der Waals surface area contributed by atoms with E-state index in [0.717, 1.165) is 30.5 Å². The minimum absolute atomic E-state index is 0.346. The first-order valence-electron chi connectivity index (χ1n) is 6.31. The lowest BCUT2D eigenvalue weighted by molar-refractivity contribution is -0.149. The molecule has 19 heavy (non-hydrogen) atoms. The van der Waals surface area contributed by atoms with Crippen LogP contribution in [-0.4, -0.2) is 34.1 Å². The Morgan fingerprint density at radius 2 is 1.84 bits per heavy atom. The van der Waals surface area contributed by atoms with Gasteiger partial charge in [-0.05, 0) is 45.6 Å². The van der Waals surface area contributed by atoms with Gasteiger partial charge in [-0.3, -0.25) is 0 Å². The topological polar surface area (TPSA) is 44.9 Å². The second-order valence-electron chi connectivity index (χ2n) is 5.61. The molecule has 1 aromatic rings. The first-order valence-corrected chi connectivity index (χ1v) is 6.31. The van der Waals surface area contributed by atoms with E-state index in [4.69, 9.17) is 5.73 Å². The van der Waals surface area contributed by atoms with E-state index in [1.54, 1.807) is 13.8 Å². The minimum Gasteiger partial charge on any atom is -0.481 e. The first kappa shape index (κ1) is 14.2. The summed E-state index contributed by atoms with van der Waals surface area (Å²) in [7, 11) is 0. The molecule has 7 heteroatoms. The maximum Gasteiger partial charge on any atom is 0.427 e. The molecular weight excluding hydrogens is 257 g/mol. The summed E-state index contributed by atoms with van der Waals surface area (Å²) < 4.78 is 39.9. The fourth-order valence-corrected chi connectivity index (χ4v) is 2.61. The minimum atomic E-state index is -4.53. The quantitative estimate of drug-likeness (QED) is 0.848. The Kier molecular flexibility index (Phi) is 3.51. The van der Waals surface area contributed by atoms with Gasteiger partial charge in [-0.25, -0.2) is 0 Å². The van der Waals surface area contributed by atoms with E-state index >= 15 is 0 Å². The number of nitrogens with one attached hydrogen (secondary N) is 1. The smallest absolute Gasteiger partial charge is 0.427 e. The molecule has 1 aliphatic heterocycles. The largest absolute Gasteiger partial charge is 0.481 e. The Balaban J connectivity index is 2.28. The lowest BCUT2D eigenvalue weighted by atomic mass is 10.0. The van der Waals surface area contributed by atoms with Crippen molar-refractivity contribution in [2.24, 2.45) is 0 Å². The maximum absolute atomic E-state index is 12.9. The second-order valence-corrected chi connectivity index (χ2v) is 5.61. The summed E-state index contributed by atoms with van der Waals surface area (Å²) in [5, 5.41) is 0. The van der Waals surface area contributed by atoms with Crippen molar-refractivity contribution in [1.82, 2.24) is 14.5 Å². The van der Waals surface area contributed by atoms with E-state index in [9.17, 15) is 13.2 Å². The lowest BCUT2D eigenvalue weighted by Crippen LogP contribution is -2.41. The van der Waals surface area contributed by atoms with Crippen molar-refractivity contribution in [3.8, 4) is 0 Å². The molecule has 0 radical (unpaired) electrons. The van der Waals surface area contributed by atoms with Crippen molar-refractivity contribution in [2.45, 2.75) is 38.4 Å². The Morgan fingerprint density at radius 1 is 1.26 bits per heavy atom. The number of hydrogen-bond donors (Lipinski definition) is 0. The monoisotopic (exact) mass is 275 g/mol. The molecule has 0 spiro atoms. The fourth-order valence-electron chi connectivity index (χ4n) is 2.61. The molecule has 0 bridgehead atoms. The number of aromatic nitrogens is 2. The molecule has 1 fully saturated rings. The standard InChI is InChI=1S/C12H18F3N4/c1-11(2,8-18-5-3-4-6-18)19-7-9(16)17-10(19)12(13,14)15/h7,16H,3-6,8H2,1-2H3/q-1. The predicted octanol–water partition coefficient (Wildman–Crippen LogP) is 3.42. The molecule has 1 saturated heterocycles. The molecule has 4 nitrogen and oxygen atoms in total. The van der Waals surface area contributed by atoms with Gasteiger partial charge in [0, 0.05) is 12.7 Å². The van der Waals surface area contributed by atoms with Gasteiger partial charge in [-0.1, -0.05) is 0 Å². The van der Waals surface area contributed by atoms with Crippen LogP contribution in [-0.2, 0) is 11.7 Å². The summed E-state index contributed by atoms with van der Waals surface area (Å²) in [4.78, 5) is 5.47. The molecule has 2 rings (SSSR count). The zero-order valence-electron chi connectivity index (χ0n) is 11.1. The van der Waals surface area contributed by atoms with Crippen LogP contribution in [0.4, 0.5) is 19.0 Å². The number of hydrogen-bond acceptors (Lipinski definition) is 2. The number of rotatable bonds is 3. The van der Waals surface area contributed by atoms with Gasteiger partial charge in [0.2, 0.25) is 0 Å². The van der Waals surface area contributed by atoms with Crippen molar-refractivity contribution in [3.05, 3.63) is 17.8 Å². The van der Waals surface area contributed by atoms with Crippen LogP contribution < -0.4 is 0 Å². The fraction of sp³-hybridized carbons (Fsp3) is 0.750. The summed E-state index contributed by atoms with van der Waals surface area (Å²) in [6.45, 7) is 5.88. The van der Waals surface area contributed by atoms with Crippen molar-refractivity contribution in [1.29, 1.82) is 0 Å². The molecule has 0 saturated carbocycles. The van der Waals surface area contributed by atoms with Crippen LogP contribution in [0.25, 0.3) is 5.73 Å². The van der Waals surface area contributed by atoms with Crippen LogP contribution in [0.15, 0.2) is 6.20 Å². The zero-order valence-corrected chi connectivity index (χ0v) is 11.1. The highest BCUT2D eigenvalue weighted by atomic mass is 19.4. The molecule has 2 heterocycles. The Labute approximate surface area is 110 Å². The van der Waals surface area contributed by atoms with E-state index in [1.165, 1.54) is 6.20 Å². The van der Waals surface area contributed by atoms with Crippen LogP contribution in [0.5, 0.6) is 0 Å². The predicted molar refractivity (Wildman–Crippen MR) is 66.2 cm³/mol. The molecule has 1 N–H and O–H groups in total. The molecule has 0 unspecified atom stereocenters. The van der Waals surface area contributed by atoms with Gasteiger partial charge in [0.15, 0.2) is 0 Å². The van der Waals surface area contributed by atoms with Crippen molar-refractivity contribution < 1.29 is 13.2 Å². The van der Waals surface area contributed by atoms with E-state index < -0.39 is 17.5 Å². The third-order valence-electron chi connectivity index (χ3n) is 3.42. The molecule has 1 aliphatic rings. The van der Waals surface area contributed by atoms with E-state index in [1.807, 2.05) is 0 Å². The second kappa shape index (κ2) is 4.70. The number of imidazole rings is 1. The van der Waals surface area contributed by atoms with Crippen LogP contribution in [0.2, 0.25) is 0 Å². The van der Waals surface area contributed by atoms with Gasteiger partial charge in [-0.15, -0.1) is 0 Å². The maximum atomic E-state index is 12.9. The lowest BCUT2D eigenvalue weighted by Gasteiger charge is -2.34. The molecule has 0 amide bonds. The summed E-state index contributed by atoms with van der Waals surface area (Å²) in [5.41, 5.74) is 6.62. The van der Waals surface area contributed by atoms with E-state index in [-0.39, 0.29) is 5.82 Å². The number of likely N-dealkylation sites (tertiary alicyclic amines) is 1. The third-order valence-corrected chi connectivity index (χ3v) is 3.42. The first-order chi connectivity index (χ1) is 8.70. The van der Waals surface area contributed by atoms with Gasteiger partial charge in [0.05, 0.1) is 5.54 Å². The highest BCUT2D eigenvalue weighted by Crippen LogP contribution is 2.34. The summed E-state index contributed by atoms with van der Waals surface area (Å²) in [5.74, 6) is -1.33. The average molecular weight is 275 g/mol. The number of nitrogens with zero attached hydrogens (tertiary/aromatic N) is 3. The highest BCUT2D eigenvalue weighted by Gasteiger charge is 2.37. The van der Waals surface area contributed by atoms with Crippen LogP contribution in [0.1, 0.15) is 32.5 Å². The summed E-state index contributed by atoms with van der Waals surface area (Å²) in [6.07, 6.45) is -1.17. The normalized spacial score (nSPS) is 18.2. The van der Waals surface area contributed by atoms with Gasteiger partial charge >= 0.3 is 6.18 Å². The van der Waals surface area contributed by atoms with Gasteiger partial charge in [0.1, 0.15) is 5.82 Å². The number of alkyl halides is 3. The van der Waals surface area contributed by atoms with Crippen molar-refractivity contribution in [2.75, 3.05) is 19.6 Å². The Morgan fingerprint density at radius 3 is 2.37 bits per heavy atom. The van der Waals surface area contributed by atoms with Gasteiger partial charge < -0.3 is 20.2 Å². The van der Waals surface area contributed by atoms with Gasteiger partial charge in [0.25, 0.3) is 0 Å². The zero-order chi connectivity index (χ0) is 14.3. The summed E-state index contributed by atoms with van der Waals surface area (Å²) >= 11 is 0. The van der Waals surface area contributed by atoms with E-state index in [2.05, 4.69) is 9.88 Å². The third kappa shape index (κ3) is 3.02. The SMILES string of the molecule is CC(C)(CN1CCCC1)n1cc([NH-])nc1C(F)(F)F. The molecule has 0 atom stereocenters. The Bertz CT molecular complexity index is 444. The van der Waals surface area contributed by atoms with Crippen molar-refractivity contribution in [3.63, 3.8) is 0 Å². The van der Waals surface area contributed by atoms with E-state index in [0.29, 0.717) is 6.54 Å². The van der Waals surface area contributed by atoms with Crippen LogP contribution in [0, 0.1) is 0 Å². The highest BCUT2D eigenvalue weighted by molar-refractivity contribution is 5.33. The van der Waals surface area contributed by atoms with Crippen LogP contribution >= 0.6 is 0 Å². The molecule has 0 aromatic carbocycles. The molecule has 1 aromatic heterocycles. The molecule has 0 aliphatic carbocycles. The Hall–Kier alpha value is -1.24. The van der Waals surface area contributed by atoms with Crippen LogP contribution in [0.3, 0.4) is 0 Å². The van der Waals surface area contributed by atoms with Gasteiger partial charge in [-0.2, -0.15) is 13.2 Å². The average Bonchev–Trinajstić information content (AvgIpc) is 2.85. The van der Waals surface area contributed by atoms with Crippen molar-refractivity contribution >= 4 is 5.82 Å².